The van der Waals surface area contributed by atoms with Crippen LogP contribution in [-0.4, -0.2) is 28.1 Å². The molecule has 0 saturated heterocycles. The van der Waals surface area contributed by atoms with Gasteiger partial charge >= 0.3 is 6.61 Å². The zero-order valence-corrected chi connectivity index (χ0v) is 15.5. The molecule has 0 fully saturated rings. The summed E-state index contributed by atoms with van der Waals surface area (Å²) in [4.78, 5) is 27.1. The first-order valence-corrected chi connectivity index (χ1v) is 9.40. The summed E-state index contributed by atoms with van der Waals surface area (Å²) in [6.07, 6.45) is 0. The standard InChI is InChI=1S/C17H12F2N2O4S2/c1-9-2-5-14(25-16(18)19)11(6-9)13(22)8-26-17-20-12-4-3-10(21(23)24)7-15(12)27-17/h2-7,16H,8H2,1H3. The molecule has 0 unspecified atom stereocenters. The fourth-order valence-corrected chi connectivity index (χ4v) is 4.32. The number of benzene rings is 2. The van der Waals surface area contributed by atoms with Gasteiger partial charge in [-0.3, -0.25) is 14.9 Å². The lowest BCUT2D eigenvalue weighted by Crippen LogP contribution is -2.10. The number of carbonyl (C=O) groups is 1. The first-order chi connectivity index (χ1) is 12.8. The van der Waals surface area contributed by atoms with Gasteiger partial charge in [-0.2, -0.15) is 8.78 Å². The van der Waals surface area contributed by atoms with E-state index in [1.807, 2.05) is 0 Å². The lowest BCUT2D eigenvalue weighted by atomic mass is 10.1. The second-order valence-electron chi connectivity index (χ2n) is 5.48. The number of aromatic nitrogens is 1. The number of carbonyl (C=O) groups excluding carboxylic acids is 1. The Labute approximate surface area is 160 Å². The molecular formula is C17H12F2N2O4S2. The van der Waals surface area contributed by atoms with Crippen LogP contribution < -0.4 is 4.74 Å². The maximum Gasteiger partial charge on any atom is 0.387 e. The monoisotopic (exact) mass is 410 g/mol. The van der Waals surface area contributed by atoms with Gasteiger partial charge in [-0.1, -0.05) is 23.4 Å². The molecule has 27 heavy (non-hydrogen) atoms. The van der Waals surface area contributed by atoms with Crippen LogP contribution in [0.3, 0.4) is 0 Å². The quantitative estimate of drug-likeness (QED) is 0.234. The Hall–Kier alpha value is -2.59. The summed E-state index contributed by atoms with van der Waals surface area (Å²) in [5.74, 6) is -0.559. The summed E-state index contributed by atoms with van der Waals surface area (Å²) >= 11 is 2.37. The molecule has 0 N–H and O–H groups in total. The maximum absolute atomic E-state index is 12.5. The van der Waals surface area contributed by atoms with E-state index < -0.39 is 11.5 Å². The topological polar surface area (TPSA) is 82.3 Å². The number of nitrogens with zero attached hydrogens (tertiary/aromatic N) is 2. The van der Waals surface area contributed by atoms with Crippen molar-refractivity contribution in [2.75, 3.05) is 5.75 Å². The van der Waals surface area contributed by atoms with E-state index in [1.54, 1.807) is 19.1 Å². The highest BCUT2D eigenvalue weighted by atomic mass is 32.2. The van der Waals surface area contributed by atoms with Gasteiger partial charge in [0.05, 0.1) is 26.5 Å². The Morgan fingerprint density at radius 1 is 1.33 bits per heavy atom. The van der Waals surface area contributed by atoms with Crippen molar-refractivity contribution in [2.24, 2.45) is 0 Å². The Bertz CT molecular complexity index is 1020. The number of rotatable bonds is 7. The van der Waals surface area contributed by atoms with Crippen LogP contribution in [0.2, 0.25) is 0 Å². The number of thioether (sulfide) groups is 1. The Morgan fingerprint density at radius 3 is 2.81 bits per heavy atom. The number of non-ortho nitro benzene ring substituents is 1. The number of ether oxygens (including phenoxy) is 1. The second kappa shape index (κ2) is 7.97. The zero-order chi connectivity index (χ0) is 19.6. The first-order valence-electron chi connectivity index (χ1n) is 7.60. The van der Waals surface area contributed by atoms with Crippen LogP contribution in [0.5, 0.6) is 5.75 Å². The van der Waals surface area contributed by atoms with Crippen LogP contribution >= 0.6 is 23.1 Å². The molecule has 3 aromatic rings. The number of Topliss-reactive ketones (excluding diaryl/α,β-unsaturated/α-hetero) is 1. The molecule has 0 atom stereocenters. The highest BCUT2D eigenvalue weighted by molar-refractivity contribution is 8.01. The van der Waals surface area contributed by atoms with Gasteiger partial charge in [0.2, 0.25) is 0 Å². The summed E-state index contributed by atoms with van der Waals surface area (Å²) in [5, 5.41) is 10.8. The van der Waals surface area contributed by atoms with Crippen LogP contribution in [0.4, 0.5) is 14.5 Å². The average molecular weight is 410 g/mol. The molecule has 2 aromatic carbocycles. The number of nitro benzene ring substituents is 1. The number of halogens is 2. The lowest BCUT2D eigenvalue weighted by molar-refractivity contribution is -0.384. The van der Waals surface area contributed by atoms with Crippen molar-refractivity contribution in [1.29, 1.82) is 0 Å². The van der Waals surface area contributed by atoms with E-state index in [2.05, 4.69) is 9.72 Å². The fourth-order valence-electron chi connectivity index (χ4n) is 2.33. The molecule has 0 bridgehead atoms. The molecule has 0 aliphatic rings. The largest absolute Gasteiger partial charge is 0.434 e. The number of ketones is 1. The van der Waals surface area contributed by atoms with E-state index in [-0.39, 0.29) is 28.5 Å². The SMILES string of the molecule is Cc1ccc(OC(F)F)c(C(=O)CSc2nc3ccc([N+](=O)[O-])cc3s2)c1. The number of alkyl halides is 2. The van der Waals surface area contributed by atoms with Gasteiger partial charge < -0.3 is 4.74 Å². The molecule has 0 aliphatic carbocycles. The average Bonchev–Trinajstić information content (AvgIpc) is 3.02. The molecule has 0 amide bonds. The molecule has 0 spiro atoms. The number of hydrogen-bond donors (Lipinski definition) is 0. The van der Waals surface area contributed by atoms with Gasteiger partial charge in [0.1, 0.15) is 5.75 Å². The number of aryl methyl sites for hydroxylation is 1. The fraction of sp³-hybridized carbons (Fsp3) is 0.176. The van der Waals surface area contributed by atoms with Crippen LogP contribution in [0.15, 0.2) is 40.7 Å². The van der Waals surface area contributed by atoms with Crippen molar-refractivity contribution in [1.82, 2.24) is 4.98 Å². The van der Waals surface area contributed by atoms with Gasteiger partial charge in [0, 0.05) is 12.1 Å². The molecule has 0 aliphatic heterocycles. The molecule has 0 saturated carbocycles. The van der Waals surface area contributed by atoms with E-state index in [9.17, 15) is 23.7 Å². The number of nitro groups is 1. The predicted octanol–water partition coefficient (Wildman–Crippen LogP) is 5.09. The minimum absolute atomic E-state index is 0.0229. The molecule has 1 heterocycles. The van der Waals surface area contributed by atoms with Crippen molar-refractivity contribution in [3.05, 3.63) is 57.6 Å². The van der Waals surface area contributed by atoms with E-state index in [4.69, 9.17) is 0 Å². The number of hydrogen-bond acceptors (Lipinski definition) is 7. The molecule has 6 nitrogen and oxygen atoms in total. The van der Waals surface area contributed by atoms with Gasteiger partial charge in [-0.05, 0) is 25.1 Å². The summed E-state index contributed by atoms with van der Waals surface area (Å²) in [6, 6.07) is 8.77. The normalized spacial score (nSPS) is 11.1. The Morgan fingerprint density at radius 2 is 2.11 bits per heavy atom. The van der Waals surface area contributed by atoms with Gasteiger partial charge in [0.15, 0.2) is 10.1 Å². The van der Waals surface area contributed by atoms with Crippen molar-refractivity contribution in [3.8, 4) is 5.75 Å². The maximum atomic E-state index is 12.5. The highest BCUT2D eigenvalue weighted by Gasteiger charge is 2.18. The summed E-state index contributed by atoms with van der Waals surface area (Å²) in [5.41, 5.74) is 1.39. The molecule has 3 rings (SSSR count). The third-order valence-electron chi connectivity index (χ3n) is 3.54. The van der Waals surface area contributed by atoms with E-state index in [0.29, 0.717) is 14.6 Å². The molecule has 0 radical (unpaired) electrons. The molecule has 140 valence electrons. The zero-order valence-electron chi connectivity index (χ0n) is 13.8. The first kappa shape index (κ1) is 19.2. The smallest absolute Gasteiger partial charge is 0.387 e. The minimum Gasteiger partial charge on any atom is -0.434 e. The Kier molecular flexibility index (Phi) is 5.66. The number of thiazole rings is 1. The van der Waals surface area contributed by atoms with Gasteiger partial charge in [-0.25, -0.2) is 4.98 Å². The van der Waals surface area contributed by atoms with E-state index in [0.717, 1.165) is 17.3 Å². The molecule has 1 aromatic heterocycles. The Balaban J connectivity index is 1.77. The van der Waals surface area contributed by atoms with Crippen LogP contribution in [0.25, 0.3) is 10.2 Å². The summed E-state index contributed by atoms with van der Waals surface area (Å²) in [6.45, 7) is -1.27. The molecule has 10 heteroatoms. The predicted molar refractivity (Wildman–Crippen MR) is 99.1 cm³/mol. The third-order valence-corrected chi connectivity index (χ3v) is 5.70. The van der Waals surface area contributed by atoms with Crippen molar-refractivity contribution < 1.29 is 23.2 Å². The van der Waals surface area contributed by atoms with E-state index >= 15 is 0 Å². The molecular weight excluding hydrogens is 398 g/mol. The van der Waals surface area contributed by atoms with E-state index in [1.165, 1.54) is 35.6 Å². The second-order valence-corrected chi connectivity index (χ2v) is 7.73. The van der Waals surface area contributed by atoms with Gasteiger partial charge in [0.25, 0.3) is 5.69 Å². The van der Waals surface area contributed by atoms with Crippen molar-refractivity contribution in [2.45, 2.75) is 17.9 Å². The summed E-state index contributed by atoms with van der Waals surface area (Å²) < 4.78 is 30.7. The third kappa shape index (κ3) is 4.58. The number of fused-ring (bicyclic) bond motifs is 1. The van der Waals surface area contributed by atoms with Crippen molar-refractivity contribution >= 4 is 44.8 Å². The summed E-state index contributed by atoms with van der Waals surface area (Å²) in [7, 11) is 0. The highest BCUT2D eigenvalue weighted by Crippen LogP contribution is 2.33. The van der Waals surface area contributed by atoms with Gasteiger partial charge in [-0.15, -0.1) is 11.3 Å². The van der Waals surface area contributed by atoms with Crippen molar-refractivity contribution in [3.63, 3.8) is 0 Å². The van der Waals surface area contributed by atoms with Crippen LogP contribution in [0, 0.1) is 17.0 Å². The minimum atomic E-state index is -3.02. The van der Waals surface area contributed by atoms with Crippen LogP contribution in [-0.2, 0) is 0 Å². The lowest BCUT2D eigenvalue weighted by Gasteiger charge is -2.10. The van der Waals surface area contributed by atoms with Crippen LogP contribution in [0.1, 0.15) is 15.9 Å².